The molecular formula is C14H26N2. The van der Waals surface area contributed by atoms with Crippen molar-refractivity contribution in [1.82, 2.24) is 5.32 Å². The zero-order valence-corrected chi connectivity index (χ0v) is 11.1. The minimum absolute atomic E-state index is 0.104. The van der Waals surface area contributed by atoms with Crippen LogP contribution < -0.4 is 11.1 Å². The van der Waals surface area contributed by atoms with E-state index in [0.29, 0.717) is 12.0 Å². The molecular weight excluding hydrogens is 196 g/mol. The SMILES string of the molecule is CCC(C)NC1(C(C)CC)C=CC(N)=CC1. The maximum Gasteiger partial charge on any atom is 0.0431 e. The molecule has 0 bridgehead atoms. The highest BCUT2D eigenvalue weighted by atomic mass is 15.0. The van der Waals surface area contributed by atoms with Gasteiger partial charge in [-0.3, -0.25) is 0 Å². The van der Waals surface area contributed by atoms with E-state index in [1.165, 1.54) is 6.42 Å². The number of nitrogens with two attached hydrogens (primary N) is 1. The van der Waals surface area contributed by atoms with Crippen LogP contribution in [-0.4, -0.2) is 11.6 Å². The molecule has 16 heavy (non-hydrogen) atoms. The zero-order valence-electron chi connectivity index (χ0n) is 11.1. The Balaban J connectivity index is 2.83. The predicted octanol–water partition coefficient (Wildman–Crippen LogP) is 2.96. The van der Waals surface area contributed by atoms with E-state index in [0.717, 1.165) is 18.5 Å². The van der Waals surface area contributed by atoms with E-state index in [1.54, 1.807) is 0 Å². The molecule has 3 unspecified atom stereocenters. The Bertz CT molecular complexity index is 280. The predicted molar refractivity (Wildman–Crippen MR) is 71.1 cm³/mol. The first-order valence-electron chi connectivity index (χ1n) is 6.46. The fraction of sp³-hybridized carbons (Fsp3) is 0.714. The lowest BCUT2D eigenvalue weighted by atomic mass is 9.77. The van der Waals surface area contributed by atoms with Crippen molar-refractivity contribution in [2.45, 2.75) is 58.5 Å². The summed E-state index contributed by atoms with van der Waals surface area (Å²) in [7, 11) is 0. The molecule has 1 aliphatic rings. The highest BCUT2D eigenvalue weighted by Gasteiger charge is 2.33. The van der Waals surface area contributed by atoms with Gasteiger partial charge in [0.15, 0.2) is 0 Å². The molecule has 0 radical (unpaired) electrons. The largest absolute Gasteiger partial charge is 0.399 e. The second-order valence-electron chi connectivity index (χ2n) is 5.04. The van der Waals surface area contributed by atoms with Gasteiger partial charge in [0.1, 0.15) is 0 Å². The van der Waals surface area contributed by atoms with Gasteiger partial charge in [0.05, 0.1) is 0 Å². The van der Waals surface area contributed by atoms with Crippen molar-refractivity contribution in [2.24, 2.45) is 11.7 Å². The summed E-state index contributed by atoms with van der Waals surface area (Å²) in [5.41, 5.74) is 6.80. The molecule has 0 fully saturated rings. The van der Waals surface area contributed by atoms with E-state index in [4.69, 9.17) is 5.73 Å². The van der Waals surface area contributed by atoms with Crippen LogP contribution in [0.25, 0.3) is 0 Å². The highest BCUT2D eigenvalue weighted by Crippen LogP contribution is 2.30. The Morgan fingerprint density at radius 3 is 2.50 bits per heavy atom. The quantitative estimate of drug-likeness (QED) is 0.750. The van der Waals surface area contributed by atoms with Gasteiger partial charge in [-0.05, 0) is 31.8 Å². The summed E-state index contributed by atoms with van der Waals surface area (Å²) < 4.78 is 0. The van der Waals surface area contributed by atoms with Crippen LogP contribution in [0.3, 0.4) is 0 Å². The molecule has 0 saturated heterocycles. The molecule has 2 heteroatoms. The monoisotopic (exact) mass is 222 g/mol. The second kappa shape index (κ2) is 5.53. The Hall–Kier alpha value is -0.760. The van der Waals surface area contributed by atoms with Crippen molar-refractivity contribution < 1.29 is 0 Å². The van der Waals surface area contributed by atoms with Crippen molar-refractivity contribution in [1.29, 1.82) is 0 Å². The third-order valence-electron chi connectivity index (χ3n) is 3.87. The molecule has 0 aromatic rings. The van der Waals surface area contributed by atoms with Gasteiger partial charge < -0.3 is 11.1 Å². The molecule has 0 aromatic heterocycles. The number of hydrogen-bond donors (Lipinski definition) is 2. The Labute approximate surface area is 100.0 Å². The van der Waals surface area contributed by atoms with Crippen LogP contribution in [0, 0.1) is 5.92 Å². The van der Waals surface area contributed by atoms with Crippen molar-refractivity contribution in [2.75, 3.05) is 0 Å². The lowest BCUT2D eigenvalue weighted by molar-refractivity contribution is 0.248. The van der Waals surface area contributed by atoms with Crippen molar-refractivity contribution in [3.05, 3.63) is 23.9 Å². The van der Waals surface area contributed by atoms with Crippen LogP contribution in [0.2, 0.25) is 0 Å². The van der Waals surface area contributed by atoms with E-state index >= 15 is 0 Å². The van der Waals surface area contributed by atoms with Crippen LogP contribution in [-0.2, 0) is 0 Å². The Kier molecular flexibility index (Phi) is 4.60. The number of allylic oxidation sites excluding steroid dienone is 1. The van der Waals surface area contributed by atoms with Crippen LogP contribution in [0.5, 0.6) is 0 Å². The van der Waals surface area contributed by atoms with Gasteiger partial charge in [0.2, 0.25) is 0 Å². The van der Waals surface area contributed by atoms with Crippen LogP contribution in [0.15, 0.2) is 23.9 Å². The Morgan fingerprint density at radius 2 is 2.06 bits per heavy atom. The molecule has 2 nitrogen and oxygen atoms in total. The second-order valence-corrected chi connectivity index (χ2v) is 5.04. The van der Waals surface area contributed by atoms with Crippen molar-refractivity contribution >= 4 is 0 Å². The maximum atomic E-state index is 5.81. The number of rotatable bonds is 5. The molecule has 3 atom stereocenters. The van der Waals surface area contributed by atoms with E-state index in [9.17, 15) is 0 Å². The van der Waals surface area contributed by atoms with Gasteiger partial charge in [0, 0.05) is 17.3 Å². The normalized spacial score (nSPS) is 28.6. The molecule has 0 amide bonds. The lowest BCUT2D eigenvalue weighted by Gasteiger charge is -2.40. The minimum Gasteiger partial charge on any atom is -0.399 e. The standard InChI is InChI=1S/C14H26N2/c1-5-11(3)14(16-12(4)6-2)9-7-13(15)8-10-14/h7-9,11-12,16H,5-6,10,15H2,1-4H3. The van der Waals surface area contributed by atoms with Gasteiger partial charge in [-0.25, -0.2) is 0 Å². The smallest absolute Gasteiger partial charge is 0.0431 e. The summed E-state index contributed by atoms with van der Waals surface area (Å²) in [5.74, 6) is 0.627. The van der Waals surface area contributed by atoms with Crippen LogP contribution >= 0.6 is 0 Å². The molecule has 0 aromatic carbocycles. The topological polar surface area (TPSA) is 38.0 Å². The van der Waals surface area contributed by atoms with Gasteiger partial charge in [-0.1, -0.05) is 39.3 Å². The molecule has 1 aliphatic carbocycles. The third-order valence-corrected chi connectivity index (χ3v) is 3.87. The van der Waals surface area contributed by atoms with Crippen molar-refractivity contribution in [3.8, 4) is 0 Å². The van der Waals surface area contributed by atoms with Crippen molar-refractivity contribution in [3.63, 3.8) is 0 Å². The van der Waals surface area contributed by atoms with Crippen LogP contribution in [0.4, 0.5) is 0 Å². The summed E-state index contributed by atoms with van der Waals surface area (Å²) in [4.78, 5) is 0. The summed E-state index contributed by atoms with van der Waals surface area (Å²) in [6.45, 7) is 9.04. The highest BCUT2D eigenvalue weighted by molar-refractivity contribution is 5.28. The van der Waals surface area contributed by atoms with Gasteiger partial charge in [-0.15, -0.1) is 0 Å². The fourth-order valence-corrected chi connectivity index (χ4v) is 2.21. The first-order chi connectivity index (χ1) is 7.54. The van der Waals surface area contributed by atoms with Gasteiger partial charge in [-0.2, -0.15) is 0 Å². The number of nitrogens with one attached hydrogen (secondary N) is 1. The summed E-state index contributed by atoms with van der Waals surface area (Å²) in [5, 5.41) is 3.77. The van der Waals surface area contributed by atoms with E-state index < -0.39 is 0 Å². The molecule has 0 aliphatic heterocycles. The van der Waals surface area contributed by atoms with E-state index in [1.807, 2.05) is 6.08 Å². The number of hydrogen-bond acceptors (Lipinski definition) is 2. The molecule has 0 heterocycles. The summed E-state index contributed by atoms with van der Waals surface area (Å²) in [6, 6.07) is 0.548. The first-order valence-corrected chi connectivity index (χ1v) is 6.46. The maximum absolute atomic E-state index is 5.81. The Morgan fingerprint density at radius 1 is 1.38 bits per heavy atom. The third kappa shape index (κ3) is 2.88. The molecule has 0 spiro atoms. The minimum atomic E-state index is 0.104. The van der Waals surface area contributed by atoms with E-state index in [-0.39, 0.29) is 5.54 Å². The molecule has 1 rings (SSSR count). The average Bonchev–Trinajstić information content (AvgIpc) is 2.31. The zero-order chi connectivity index (χ0) is 12.2. The lowest BCUT2D eigenvalue weighted by Crippen LogP contribution is -2.52. The van der Waals surface area contributed by atoms with E-state index in [2.05, 4.69) is 45.2 Å². The van der Waals surface area contributed by atoms with Crippen LogP contribution in [0.1, 0.15) is 47.0 Å². The average molecular weight is 222 g/mol. The summed E-state index contributed by atoms with van der Waals surface area (Å²) in [6.07, 6.45) is 9.80. The molecule has 0 saturated carbocycles. The van der Waals surface area contributed by atoms with Gasteiger partial charge >= 0.3 is 0 Å². The summed E-state index contributed by atoms with van der Waals surface area (Å²) >= 11 is 0. The van der Waals surface area contributed by atoms with Gasteiger partial charge in [0.25, 0.3) is 0 Å². The first kappa shape index (κ1) is 13.3. The fourth-order valence-electron chi connectivity index (χ4n) is 2.21. The molecule has 92 valence electrons. The molecule has 3 N–H and O–H groups in total.